The quantitative estimate of drug-likeness (QED) is 0.0222. The van der Waals surface area contributed by atoms with Crippen LogP contribution in [0.15, 0.2) is 0 Å². The summed E-state index contributed by atoms with van der Waals surface area (Å²) in [6.07, 6.45) is 54.6. The van der Waals surface area contributed by atoms with Gasteiger partial charge in [-0.15, -0.1) is 0 Å². The number of unbranched alkanes of at least 4 members (excludes halogenated alkanes) is 44. The Balaban J connectivity index is 5.19. The predicted octanol–water partition coefficient (Wildman–Crippen LogP) is 21.9. The van der Waals surface area contributed by atoms with Gasteiger partial charge in [-0.05, 0) is 37.5 Å². The Bertz CT molecular complexity index is 1820. The molecular weight excluding hydrogens is 1230 g/mol. The minimum Gasteiger partial charge on any atom is -0.462 e. The van der Waals surface area contributed by atoms with E-state index in [4.69, 9.17) is 37.0 Å². The molecule has 0 heterocycles. The Morgan fingerprint density at radius 1 is 0.287 bits per heavy atom. The van der Waals surface area contributed by atoms with Gasteiger partial charge in [-0.25, -0.2) is 9.13 Å². The summed E-state index contributed by atoms with van der Waals surface area (Å²) in [4.78, 5) is 72.6. The third kappa shape index (κ3) is 68.6. The molecule has 94 heavy (non-hydrogen) atoms. The summed E-state index contributed by atoms with van der Waals surface area (Å²) in [6.45, 7) is 9.41. The Morgan fingerprint density at radius 2 is 0.489 bits per heavy atom. The number of rotatable bonds is 74. The normalized spacial score (nSPS) is 14.0. The molecule has 19 heteroatoms. The lowest BCUT2D eigenvalue weighted by molar-refractivity contribution is -0.161. The summed E-state index contributed by atoms with van der Waals surface area (Å²) >= 11 is 0. The zero-order valence-corrected chi connectivity index (χ0v) is 63.1. The smallest absolute Gasteiger partial charge is 0.462 e. The largest absolute Gasteiger partial charge is 0.472 e. The Kier molecular flexibility index (Phi) is 65.5. The number of aliphatic hydroxyl groups excluding tert-OH is 1. The Hall–Kier alpha value is -1.94. The summed E-state index contributed by atoms with van der Waals surface area (Å²) in [5.41, 5.74) is 0. The van der Waals surface area contributed by atoms with Crippen LogP contribution in [0.3, 0.4) is 0 Å². The summed E-state index contributed by atoms with van der Waals surface area (Å²) in [7, 11) is -9.91. The van der Waals surface area contributed by atoms with Crippen LogP contribution in [0.4, 0.5) is 0 Å². The third-order valence-corrected chi connectivity index (χ3v) is 19.4. The molecule has 0 amide bonds. The van der Waals surface area contributed by atoms with E-state index in [0.717, 1.165) is 96.3 Å². The van der Waals surface area contributed by atoms with Crippen LogP contribution in [-0.2, 0) is 65.4 Å². The predicted molar refractivity (Wildman–Crippen MR) is 381 cm³/mol. The van der Waals surface area contributed by atoms with Gasteiger partial charge in [0.05, 0.1) is 26.4 Å². The highest BCUT2D eigenvalue weighted by molar-refractivity contribution is 7.47. The van der Waals surface area contributed by atoms with E-state index >= 15 is 0 Å². The topological polar surface area (TPSA) is 237 Å². The van der Waals surface area contributed by atoms with Crippen molar-refractivity contribution in [2.45, 2.75) is 407 Å². The van der Waals surface area contributed by atoms with Crippen molar-refractivity contribution in [2.75, 3.05) is 39.6 Å². The third-order valence-electron chi connectivity index (χ3n) is 17.5. The van der Waals surface area contributed by atoms with E-state index in [2.05, 4.69) is 41.5 Å². The van der Waals surface area contributed by atoms with Gasteiger partial charge in [0.15, 0.2) is 12.2 Å². The number of carbonyl (C=O) groups excluding carboxylic acids is 4. The molecule has 0 saturated carbocycles. The summed E-state index contributed by atoms with van der Waals surface area (Å²) in [6, 6.07) is 0. The van der Waals surface area contributed by atoms with Gasteiger partial charge in [0.25, 0.3) is 0 Å². The SMILES string of the molecule is CCCCCCCCCCCCCCCCCCCCC(=O)OC[C@H](COP(=O)(O)OC[C@@H](O)COP(=O)(O)OC[C@@H](COC(=O)CCCCCCCCC(C)C)OC(=O)CCCCCCCCC(C)C)OC(=O)CCCCCCCCCCCCCCCCCCCC. The number of phosphoric acid groups is 2. The van der Waals surface area contributed by atoms with Gasteiger partial charge in [0, 0.05) is 25.7 Å². The Labute approximate surface area is 575 Å². The Morgan fingerprint density at radius 3 is 0.723 bits per heavy atom. The molecular formula is C75H146O17P2. The molecule has 3 N–H and O–H groups in total. The first-order chi connectivity index (χ1) is 45.4. The maximum absolute atomic E-state index is 13.1. The second-order valence-corrected chi connectivity index (χ2v) is 30.9. The second kappa shape index (κ2) is 66.9. The van der Waals surface area contributed by atoms with Crippen molar-refractivity contribution in [3.8, 4) is 0 Å². The van der Waals surface area contributed by atoms with Gasteiger partial charge < -0.3 is 33.8 Å². The molecule has 5 atom stereocenters. The van der Waals surface area contributed by atoms with E-state index in [1.807, 2.05) is 0 Å². The molecule has 0 bridgehead atoms. The lowest BCUT2D eigenvalue weighted by atomic mass is 10.0. The van der Waals surface area contributed by atoms with Gasteiger partial charge in [-0.1, -0.05) is 337 Å². The number of carbonyl (C=O) groups is 4. The van der Waals surface area contributed by atoms with E-state index < -0.39 is 97.5 Å². The molecule has 0 aromatic heterocycles. The minimum absolute atomic E-state index is 0.101. The summed E-state index contributed by atoms with van der Waals surface area (Å²) in [5.74, 6) is -0.775. The lowest BCUT2D eigenvalue weighted by Crippen LogP contribution is -2.30. The molecule has 558 valence electrons. The van der Waals surface area contributed by atoms with Crippen LogP contribution in [0, 0.1) is 11.8 Å². The van der Waals surface area contributed by atoms with Crippen molar-refractivity contribution >= 4 is 39.5 Å². The van der Waals surface area contributed by atoms with Crippen LogP contribution < -0.4 is 0 Å². The van der Waals surface area contributed by atoms with Crippen LogP contribution in [-0.4, -0.2) is 96.7 Å². The first-order valence-corrected chi connectivity index (χ1v) is 42.0. The van der Waals surface area contributed by atoms with Gasteiger partial charge in [-0.2, -0.15) is 0 Å². The molecule has 0 fully saturated rings. The highest BCUT2D eigenvalue weighted by atomic mass is 31.2. The lowest BCUT2D eigenvalue weighted by Gasteiger charge is -2.21. The highest BCUT2D eigenvalue weighted by Gasteiger charge is 2.30. The average Bonchev–Trinajstić information content (AvgIpc) is 1.25. The number of hydrogen-bond acceptors (Lipinski definition) is 15. The standard InChI is InChI=1S/C75H146O17P2/c1-7-9-11-13-15-17-19-21-23-25-27-29-31-33-35-37-45-51-57-72(77)85-63-70(91-74(79)59-53-47-38-36-34-32-30-28-26-24-22-20-18-16-14-12-10-8-2)65-89-93(81,82)87-61-69(76)62-88-94(83,84)90-66-71(92-75(80)60-54-48-42-40-44-50-56-68(5)6)64-86-73(78)58-52-46-41-39-43-49-55-67(3)4/h67-71,76H,7-66H2,1-6H3,(H,81,82)(H,83,84)/t69-,70-,71-/m1/s1. The maximum Gasteiger partial charge on any atom is 0.472 e. The number of hydrogen-bond donors (Lipinski definition) is 3. The van der Waals surface area contributed by atoms with Crippen LogP contribution in [0.1, 0.15) is 388 Å². The molecule has 0 radical (unpaired) electrons. The zero-order chi connectivity index (χ0) is 69.3. The van der Waals surface area contributed by atoms with E-state index in [9.17, 15) is 43.2 Å². The fourth-order valence-corrected chi connectivity index (χ4v) is 13.1. The molecule has 0 spiro atoms. The monoisotopic (exact) mass is 1380 g/mol. The molecule has 0 aromatic rings. The van der Waals surface area contributed by atoms with Crippen LogP contribution >= 0.6 is 15.6 Å². The number of esters is 4. The van der Waals surface area contributed by atoms with E-state index in [-0.39, 0.29) is 25.7 Å². The van der Waals surface area contributed by atoms with Gasteiger partial charge in [0.1, 0.15) is 19.3 Å². The van der Waals surface area contributed by atoms with Crippen LogP contribution in [0.2, 0.25) is 0 Å². The highest BCUT2D eigenvalue weighted by Crippen LogP contribution is 2.45. The molecule has 0 saturated heterocycles. The van der Waals surface area contributed by atoms with Crippen molar-refractivity contribution in [3.63, 3.8) is 0 Å². The number of aliphatic hydroxyl groups is 1. The van der Waals surface area contributed by atoms with Crippen molar-refractivity contribution in [3.05, 3.63) is 0 Å². The van der Waals surface area contributed by atoms with E-state index in [1.54, 1.807) is 0 Å². The summed E-state index contributed by atoms with van der Waals surface area (Å²) < 4.78 is 68.4. The van der Waals surface area contributed by atoms with Crippen molar-refractivity contribution in [2.24, 2.45) is 11.8 Å². The molecule has 0 aliphatic rings. The van der Waals surface area contributed by atoms with Crippen molar-refractivity contribution in [1.29, 1.82) is 0 Å². The number of phosphoric ester groups is 2. The molecule has 17 nitrogen and oxygen atoms in total. The molecule has 0 aliphatic heterocycles. The fourth-order valence-electron chi connectivity index (χ4n) is 11.5. The second-order valence-electron chi connectivity index (χ2n) is 28.0. The minimum atomic E-state index is -4.96. The zero-order valence-electron chi connectivity index (χ0n) is 61.3. The summed E-state index contributed by atoms with van der Waals surface area (Å²) in [5, 5.41) is 10.6. The van der Waals surface area contributed by atoms with E-state index in [0.29, 0.717) is 37.5 Å². The first kappa shape index (κ1) is 92.1. The van der Waals surface area contributed by atoms with Gasteiger partial charge in [0.2, 0.25) is 0 Å². The molecule has 0 aromatic carbocycles. The van der Waals surface area contributed by atoms with Crippen molar-refractivity contribution in [1.82, 2.24) is 0 Å². The van der Waals surface area contributed by atoms with Gasteiger partial charge >= 0.3 is 39.5 Å². The first-order valence-electron chi connectivity index (χ1n) is 39.0. The maximum atomic E-state index is 13.1. The van der Waals surface area contributed by atoms with Gasteiger partial charge in [-0.3, -0.25) is 37.3 Å². The number of ether oxygens (including phenoxy) is 4. The molecule has 0 aliphatic carbocycles. The molecule has 2 unspecified atom stereocenters. The van der Waals surface area contributed by atoms with Crippen LogP contribution in [0.25, 0.3) is 0 Å². The van der Waals surface area contributed by atoms with Crippen LogP contribution in [0.5, 0.6) is 0 Å². The molecule has 0 rings (SSSR count). The van der Waals surface area contributed by atoms with Crippen molar-refractivity contribution < 1.29 is 80.2 Å². The fraction of sp³-hybridized carbons (Fsp3) is 0.947. The van der Waals surface area contributed by atoms with E-state index in [1.165, 1.54) is 199 Å². The average molecular weight is 1380 g/mol.